The minimum absolute atomic E-state index is 0.347. The Bertz CT molecular complexity index is 586. The van der Waals surface area contributed by atoms with Crippen LogP contribution in [0, 0.1) is 0 Å². The number of hydrogen-bond donors (Lipinski definition) is 0. The first-order chi connectivity index (χ1) is 10.7. The lowest BCUT2D eigenvalue weighted by Crippen LogP contribution is -2.46. The molecular formula is C18H25N3S. The summed E-state index contributed by atoms with van der Waals surface area (Å²) in [4.78, 5) is 6.39. The molecule has 0 spiro atoms. The number of rotatable bonds is 4. The molecule has 1 unspecified atom stereocenters. The lowest BCUT2D eigenvalue weighted by molar-refractivity contribution is 0.128. The Morgan fingerprint density at radius 3 is 2.27 bits per heavy atom. The van der Waals surface area contributed by atoms with Crippen molar-refractivity contribution in [2.24, 2.45) is 0 Å². The number of likely N-dealkylation sites (N-methyl/N-ethyl adjacent to an activating group) is 1. The SMILES string of the molecule is CC(C)c1ccccc1C(c1ccns1)N1CCN(C)CC1. The summed E-state index contributed by atoms with van der Waals surface area (Å²) in [5, 5.41) is 0. The Morgan fingerprint density at radius 1 is 1.00 bits per heavy atom. The topological polar surface area (TPSA) is 19.4 Å². The average Bonchev–Trinajstić information content (AvgIpc) is 3.04. The number of benzene rings is 1. The zero-order valence-electron chi connectivity index (χ0n) is 13.7. The standard InChI is InChI=1S/C18H25N3S/c1-14(2)15-6-4-5-7-16(15)18(17-8-9-19-22-17)21-12-10-20(3)11-13-21/h4-9,14,18H,10-13H2,1-3H3. The highest BCUT2D eigenvalue weighted by molar-refractivity contribution is 7.05. The third-order valence-corrected chi connectivity index (χ3v) is 5.34. The molecule has 1 aliphatic rings. The summed E-state index contributed by atoms with van der Waals surface area (Å²) in [5.41, 5.74) is 2.91. The number of aromatic nitrogens is 1. The smallest absolute Gasteiger partial charge is 0.0715 e. The van der Waals surface area contributed by atoms with Gasteiger partial charge < -0.3 is 4.90 Å². The van der Waals surface area contributed by atoms with Crippen molar-refractivity contribution < 1.29 is 0 Å². The molecule has 1 saturated heterocycles. The van der Waals surface area contributed by atoms with Gasteiger partial charge in [0.2, 0.25) is 0 Å². The van der Waals surface area contributed by atoms with Crippen LogP contribution in [0.3, 0.4) is 0 Å². The van der Waals surface area contributed by atoms with Crippen LogP contribution < -0.4 is 0 Å². The van der Waals surface area contributed by atoms with Gasteiger partial charge in [0, 0.05) is 37.3 Å². The Morgan fingerprint density at radius 2 is 1.68 bits per heavy atom. The molecule has 0 radical (unpaired) electrons. The van der Waals surface area contributed by atoms with Gasteiger partial charge in [0.15, 0.2) is 0 Å². The van der Waals surface area contributed by atoms with Crippen LogP contribution in [0.1, 0.15) is 41.8 Å². The summed E-state index contributed by atoms with van der Waals surface area (Å²) in [6.07, 6.45) is 1.93. The van der Waals surface area contributed by atoms with Gasteiger partial charge in [-0.05, 0) is 41.7 Å². The van der Waals surface area contributed by atoms with Crippen LogP contribution in [0.15, 0.2) is 36.5 Å². The van der Waals surface area contributed by atoms with E-state index in [1.165, 1.54) is 16.0 Å². The lowest BCUT2D eigenvalue weighted by atomic mass is 9.91. The quantitative estimate of drug-likeness (QED) is 0.859. The lowest BCUT2D eigenvalue weighted by Gasteiger charge is -2.38. The second-order valence-corrected chi connectivity index (χ2v) is 7.30. The van der Waals surface area contributed by atoms with Gasteiger partial charge in [-0.1, -0.05) is 38.1 Å². The average molecular weight is 315 g/mol. The van der Waals surface area contributed by atoms with Crippen molar-refractivity contribution in [1.29, 1.82) is 0 Å². The second-order valence-electron chi connectivity index (χ2n) is 6.44. The molecule has 2 heterocycles. The molecule has 2 aromatic rings. The van der Waals surface area contributed by atoms with Crippen LogP contribution in [0.5, 0.6) is 0 Å². The van der Waals surface area contributed by atoms with Crippen molar-refractivity contribution in [1.82, 2.24) is 14.2 Å². The van der Waals surface area contributed by atoms with Gasteiger partial charge in [-0.25, -0.2) is 4.37 Å². The Labute approximate surface area is 137 Å². The highest BCUT2D eigenvalue weighted by Gasteiger charge is 2.28. The van der Waals surface area contributed by atoms with Crippen LogP contribution >= 0.6 is 11.5 Å². The molecule has 4 heteroatoms. The van der Waals surface area contributed by atoms with Crippen LogP contribution in [-0.2, 0) is 0 Å². The van der Waals surface area contributed by atoms with Crippen LogP contribution in [0.4, 0.5) is 0 Å². The van der Waals surface area contributed by atoms with Gasteiger partial charge in [0.05, 0.1) is 6.04 Å². The first kappa shape index (κ1) is 15.7. The molecular weight excluding hydrogens is 290 g/mol. The van der Waals surface area contributed by atoms with Crippen LogP contribution in [0.2, 0.25) is 0 Å². The summed E-state index contributed by atoms with van der Waals surface area (Å²) in [6, 6.07) is 11.4. The van der Waals surface area contributed by atoms with E-state index in [2.05, 4.69) is 65.4 Å². The van der Waals surface area contributed by atoms with Crippen molar-refractivity contribution >= 4 is 11.5 Å². The minimum Gasteiger partial charge on any atom is -0.304 e. The van der Waals surface area contributed by atoms with E-state index in [9.17, 15) is 0 Å². The van der Waals surface area contributed by atoms with Gasteiger partial charge in [-0.3, -0.25) is 4.90 Å². The molecule has 1 aliphatic heterocycles. The summed E-state index contributed by atoms with van der Waals surface area (Å²) in [7, 11) is 2.21. The van der Waals surface area contributed by atoms with E-state index >= 15 is 0 Å². The van der Waals surface area contributed by atoms with Gasteiger partial charge >= 0.3 is 0 Å². The van der Waals surface area contributed by atoms with E-state index in [-0.39, 0.29) is 0 Å². The van der Waals surface area contributed by atoms with E-state index in [1.54, 1.807) is 11.5 Å². The van der Waals surface area contributed by atoms with Crippen LogP contribution in [-0.4, -0.2) is 47.4 Å². The molecule has 1 atom stereocenters. The van der Waals surface area contributed by atoms with Crippen molar-refractivity contribution in [3.8, 4) is 0 Å². The zero-order valence-corrected chi connectivity index (χ0v) is 14.5. The molecule has 1 aromatic carbocycles. The minimum atomic E-state index is 0.347. The fourth-order valence-corrected chi connectivity index (χ4v) is 4.00. The van der Waals surface area contributed by atoms with E-state index in [4.69, 9.17) is 0 Å². The van der Waals surface area contributed by atoms with Gasteiger partial charge in [0.1, 0.15) is 0 Å². The monoisotopic (exact) mass is 315 g/mol. The van der Waals surface area contributed by atoms with Crippen molar-refractivity contribution in [3.05, 3.63) is 52.5 Å². The number of piperazine rings is 1. The zero-order chi connectivity index (χ0) is 15.5. The number of hydrogen-bond acceptors (Lipinski definition) is 4. The first-order valence-corrected chi connectivity index (χ1v) is 8.86. The number of nitrogens with zero attached hydrogens (tertiary/aromatic N) is 3. The van der Waals surface area contributed by atoms with Crippen molar-refractivity contribution in [2.75, 3.05) is 33.2 Å². The van der Waals surface area contributed by atoms with E-state index in [1.807, 2.05) is 6.20 Å². The maximum absolute atomic E-state index is 4.36. The largest absolute Gasteiger partial charge is 0.304 e. The molecule has 0 saturated carbocycles. The molecule has 22 heavy (non-hydrogen) atoms. The van der Waals surface area contributed by atoms with Crippen molar-refractivity contribution in [2.45, 2.75) is 25.8 Å². The molecule has 1 aromatic heterocycles. The molecule has 118 valence electrons. The molecule has 0 aliphatic carbocycles. The normalized spacial score (nSPS) is 18.7. The molecule has 1 fully saturated rings. The van der Waals surface area contributed by atoms with Gasteiger partial charge in [0.25, 0.3) is 0 Å². The Hall–Kier alpha value is -1.23. The molecule has 0 bridgehead atoms. The van der Waals surface area contributed by atoms with Crippen LogP contribution in [0.25, 0.3) is 0 Å². The van der Waals surface area contributed by atoms with Crippen molar-refractivity contribution in [3.63, 3.8) is 0 Å². The third kappa shape index (κ3) is 3.24. The summed E-state index contributed by atoms with van der Waals surface area (Å²) in [5.74, 6) is 0.541. The molecule has 3 rings (SSSR count). The Kier molecular flexibility index (Phi) is 4.91. The fourth-order valence-electron chi connectivity index (χ4n) is 3.26. The fraction of sp³-hybridized carbons (Fsp3) is 0.500. The first-order valence-electron chi connectivity index (χ1n) is 8.09. The highest BCUT2D eigenvalue weighted by Crippen LogP contribution is 2.35. The molecule has 0 amide bonds. The summed E-state index contributed by atoms with van der Waals surface area (Å²) in [6.45, 7) is 9.08. The molecule has 0 N–H and O–H groups in total. The van der Waals surface area contributed by atoms with E-state index in [0.717, 1.165) is 26.2 Å². The van der Waals surface area contributed by atoms with E-state index < -0.39 is 0 Å². The van der Waals surface area contributed by atoms with Gasteiger partial charge in [-0.2, -0.15) is 0 Å². The van der Waals surface area contributed by atoms with E-state index in [0.29, 0.717) is 12.0 Å². The predicted molar refractivity (Wildman–Crippen MR) is 93.6 cm³/mol. The summed E-state index contributed by atoms with van der Waals surface area (Å²) < 4.78 is 4.36. The maximum Gasteiger partial charge on any atom is 0.0715 e. The predicted octanol–water partition coefficient (Wildman–Crippen LogP) is 3.60. The maximum atomic E-state index is 4.36. The second kappa shape index (κ2) is 6.90. The highest BCUT2D eigenvalue weighted by atomic mass is 32.1. The Balaban J connectivity index is 1.99. The third-order valence-electron chi connectivity index (χ3n) is 4.54. The molecule has 3 nitrogen and oxygen atoms in total. The van der Waals surface area contributed by atoms with Gasteiger partial charge in [-0.15, -0.1) is 0 Å². The summed E-state index contributed by atoms with van der Waals surface area (Å²) >= 11 is 1.64.